The van der Waals surface area contributed by atoms with E-state index in [4.69, 9.17) is 0 Å². The minimum Gasteiger partial charge on any atom is -0.352 e. The fourth-order valence-corrected chi connectivity index (χ4v) is 2.64. The Kier molecular flexibility index (Phi) is 4.15. The monoisotopic (exact) mass is 346 g/mol. The minimum atomic E-state index is 0.0845. The first kappa shape index (κ1) is 14.0. The van der Waals surface area contributed by atoms with Crippen LogP contribution >= 0.6 is 15.9 Å². The molecule has 2 heterocycles. The molecule has 1 aliphatic heterocycles. The van der Waals surface area contributed by atoms with E-state index in [1.807, 2.05) is 41.3 Å². The zero-order chi connectivity index (χ0) is 14.7. The van der Waals surface area contributed by atoms with Gasteiger partial charge < -0.3 is 9.80 Å². The highest BCUT2D eigenvalue weighted by molar-refractivity contribution is 9.10. The highest BCUT2D eigenvalue weighted by atomic mass is 79.9. The first-order valence-corrected chi connectivity index (χ1v) is 7.61. The number of anilines is 1. The van der Waals surface area contributed by atoms with E-state index in [9.17, 15) is 4.79 Å². The van der Waals surface area contributed by atoms with Gasteiger partial charge in [-0.25, -0.2) is 0 Å². The number of piperazine rings is 1. The second kappa shape index (κ2) is 6.22. The van der Waals surface area contributed by atoms with Crippen LogP contribution in [0.15, 0.2) is 47.1 Å². The summed E-state index contributed by atoms with van der Waals surface area (Å²) in [4.78, 5) is 16.5. The lowest BCUT2D eigenvalue weighted by atomic mass is 10.2. The Hall–Kier alpha value is -1.95. The Balaban J connectivity index is 1.63. The maximum atomic E-state index is 12.4. The smallest absolute Gasteiger partial charge is 0.253 e. The van der Waals surface area contributed by atoms with Gasteiger partial charge in [0, 0.05) is 42.4 Å². The van der Waals surface area contributed by atoms with E-state index in [2.05, 4.69) is 31.0 Å². The average Bonchev–Trinajstić information content (AvgIpc) is 2.56. The molecule has 1 aliphatic rings. The van der Waals surface area contributed by atoms with E-state index in [1.165, 1.54) is 0 Å². The van der Waals surface area contributed by atoms with E-state index in [0.717, 1.165) is 28.9 Å². The van der Waals surface area contributed by atoms with Gasteiger partial charge in [-0.2, -0.15) is 5.10 Å². The maximum Gasteiger partial charge on any atom is 0.253 e. The number of carbonyl (C=O) groups excluding carboxylic acids is 1. The molecular formula is C15H15BrN4O. The predicted molar refractivity (Wildman–Crippen MR) is 84.3 cm³/mol. The molecule has 2 aromatic rings. The third-order valence-corrected chi connectivity index (χ3v) is 4.07. The number of amides is 1. The van der Waals surface area contributed by atoms with Gasteiger partial charge in [-0.15, -0.1) is 5.10 Å². The summed E-state index contributed by atoms with van der Waals surface area (Å²) in [5.74, 6) is 0.953. The van der Waals surface area contributed by atoms with Crippen molar-refractivity contribution in [2.45, 2.75) is 0 Å². The summed E-state index contributed by atoms with van der Waals surface area (Å²) in [5.41, 5.74) is 0.728. The zero-order valence-corrected chi connectivity index (χ0v) is 13.0. The number of rotatable bonds is 2. The third kappa shape index (κ3) is 3.21. The topological polar surface area (TPSA) is 49.3 Å². The molecule has 1 amide bonds. The van der Waals surface area contributed by atoms with Crippen LogP contribution in [0, 0.1) is 0 Å². The van der Waals surface area contributed by atoms with Gasteiger partial charge in [0.1, 0.15) is 0 Å². The Labute approximate surface area is 131 Å². The summed E-state index contributed by atoms with van der Waals surface area (Å²) in [7, 11) is 0. The van der Waals surface area contributed by atoms with Crippen LogP contribution in [-0.2, 0) is 0 Å². The highest BCUT2D eigenvalue weighted by Gasteiger charge is 2.22. The van der Waals surface area contributed by atoms with Gasteiger partial charge in [0.2, 0.25) is 0 Å². The molecule has 3 rings (SSSR count). The molecule has 0 unspecified atom stereocenters. The van der Waals surface area contributed by atoms with E-state index in [0.29, 0.717) is 13.1 Å². The molecule has 0 bridgehead atoms. The van der Waals surface area contributed by atoms with Crippen molar-refractivity contribution < 1.29 is 4.79 Å². The molecule has 1 fully saturated rings. The Bertz CT molecular complexity index is 609. The van der Waals surface area contributed by atoms with Crippen molar-refractivity contribution in [3.05, 3.63) is 52.6 Å². The highest BCUT2D eigenvalue weighted by Crippen LogP contribution is 2.15. The Morgan fingerprint density at radius 3 is 2.38 bits per heavy atom. The number of nitrogens with zero attached hydrogens (tertiary/aromatic N) is 4. The fraction of sp³-hybridized carbons (Fsp3) is 0.267. The van der Waals surface area contributed by atoms with E-state index < -0.39 is 0 Å². The molecular weight excluding hydrogens is 332 g/mol. The molecule has 1 aromatic carbocycles. The molecule has 21 heavy (non-hydrogen) atoms. The second-order valence-electron chi connectivity index (χ2n) is 4.87. The molecule has 0 N–H and O–H groups in total. The van der Waals surface area contributed by atoms with Gasteiger partial charge >= 0.3 is 0 Å². The molecule has 0 aliphatic carbocycles. The third-order valence-electron chi connectivity index (χ3n) is 3.54. The molecule has 0 atom stereocenters. The first-order chi connectivity index (χ1) is 10.2. The lowest BCUT2D eigenvalue weighted by Crippen LogP contribution is -2.49. The lowest BCUT2D eigenvalue weighted by molar-refractivity contribution is 0.0746. The fourth-order valence-electron chi connectivity index (χ4n) is 2.38. The number of carbonyl (C=O) groups is 1. The average molecular weight is 347 g/mol. The van der Waals surface area contributed by atoms with Crippen molar-refractivity contribution >= 4 is 27.7 Å². The van der Waals surface area contributed by atoms with Crippen molar-refractivity contribution in [1.29, 1.82) is 0 Å². The van der Waals surface area contributed by atoms with Crippen LogP contribution in [0.4, 0.5) is 5.82 Å². The Morgan fingerprint density at radius 2 is 1.76 bits per heavy atom. The van der Waals surface area contributed by atoms with Gasteiger partial charge in [0.15, 0.2) is 5.82 Å². The quantitative estimate of drug-likeness (QED) is 0.836. The summed E-state index contributed by atoms with van der Waals surface area (Å²) in [5, 5.41) is 8.00. The number of hydrogen-bond acceptors (Lipinski definition) is 4. The first-order valence-electron chi connectivity index (χ1n) is 6.81. The standard InChI is InChI=1S/C15H15BrN4O/c16-13-5-3-12(4-6-13)15(21)20-10-8-19(9-11-20)14-2-1-7-17-18-14/h1-7H,8-11H2. The van der Waals surface area contributed by atoms with Gasteiger partial charge in [-0.1, -0.05) is 15.9 Å². The van der Waals surface area contributed by atoms with Crippen LogP contribution in [0.2, 0.25) is 0 Å². The molecule has 108 valence electrons. The molecule has 5 nitrogen and oxygen atoms in total. The van der Waals surface area contributed by atoms with Gasteiger partial charge in [0.05, 0.1) is 0 Å². The molecule has 1 aromatic heterocycles. The van der Waals surface area contributed by atoms with Gasteiger partial charge in [-0.05, 0) is 36.4 Å². The van der Waals surface area contributed by atoms with Crippen LogP contribution in [0.5, 0.6) is 0 Å². The van der Waals surface area contributed by atoms with Crippen LogP contribution in [0.3, 0.4) is 0 Å². The van der Waals surface area contributed by atoms with Crippen LogP contribution < -0.4 is 4.90 Å². The van der Waals surface area contributed by atoms with Crippen molar-refractivity contribution in [1.82, 2.24) is 15.1 Å². The molecule has 0 radical (unpaired) electrons. The van der Waals surface area contributed by atoms with Gasteiger partial charge in [0.25, 0.3) is 5.91 Å². The molecule has 6 heteroatoms. The van der Waals surface area contributed by atoms with E-state index >= 15 is 0 Å². The number of benzene rings is 1. The second-order valence-corrected chi connectivity index (χ2v) is 5.78. The van der Waals surface area contributed by atoms with Crippen LogP contribution in [0.1, 0.15) is 10.4 Å². The normalized spacial score (nSPS) is 15.1. The molecule has 1 saturated heterocycles. The number of hydrogen-bond donors (Lipinski definition) is 0. The van der Waals surface area contributed by atoms with Crippen LogP contribution in [0.25, 0.3) is 0 Å². The lowest BCUT2D eigenvalue weighted by Gasteiger charge is -2.35. The summed E-state index contributed by atoms with van der Waals surface area (Å²) < 4.78 is 0.978. The molecule has 0 saturated carbocycles. The zero-order valence-electron chi connectivity index (χ0n) is 11.4. The SMILES string of the molecule is O=C(c1ccc(Br)cc1)N1CCN(c2cccnn2)CC1. The van der Waals surface area contributed by atoms with Crippen molar-refractivity contribution in [3.63, 3.8) is 0 Å². The largest absolute Gasteiger partial charge is 0.352 e. The summed E-state index contributed by atoms with van der Waals surface area (Å²) in [6.45, 7) is 2.96. The summed E-state index contributed by atoms with van der Waals surface area (Å²) in [6, 6.07) is 11.3. The van der Waals surface area contributed by atoms with Gasteiger partial charge in [-0.3, -0.25) is 4.79 Å². The van der Waals surface area contributed by atoms with Crippen LogP contribution in [-0.4, -0.2) is 47.2 Å². The van der Waals surface area contributed by atoms with Crippen molar-refractivity contribution in [2.75, 3.05) is 31.1 Å². The Morgan fingerprint density at radius 1 is 1.05 bits per heavy atom. The van der Waals surface area contributed by atoms with E-state index in [1.54, 1.807) is 6.20 Å². The molecule has 0 spiro atoms. The predicted octanol–water partition coefficient (Wildman–Crippen LogP) is 2.20. The number of aromatic nitrogens is 2. The van der Waals surface area contributed by atoms with Crippen molar-refractivity contribution in [3.8, 4) is 0 Å². The van der Waals surface area contributed by atoms with Crippen molar-refractivity contribution in [2.24, 2.45) is 0 Å². The maximum absolute atomic E-state index is 12.4. The number of halogens is 1. The summed E-state index contributed by atoms with van der Waals surface area (Å²) in [6.07, 6.45) is 1.66. The summed E-state index contributed by atoms with van der Waals surface area (Å²) >= 11 is 3.38. The minimum absolute atomic E-state index is 0.0845. The van der Waals surface area contributed by atoms with E-state index in [-0.39, 0.29) is 5.91 Å².